The Hall–Kier alpha value is -0.790. The maximum Gasteiger partial charge on any atom is 0.330 e. The summed E-state index contributed by atoms with van der Waals surface area (Å²) < 4.78 is 5.48. The van der Waals surface area contributed by atoms with E-state index in [0.717, 1.165) is 12.8 Å². The summed E-state index contributed by atoms with van der Waals surface area (Å²) in [5.74, 6) is 0.304. The van der Waals surface area contributed by atoms with E-state index in [1.807, 2.05) is 6.92 Å². The summed E-state index contributed by atoms with van der Waals surface area (Å²) in [6.45, 7) is 12.2. The number of hydrogen-bond acceptors (Lipinski definition) is 2. The van der Waals surface area contributed by atoms with Crippen LogP contribution in [0, 0.1) is 11.3 Å². The van der Waals surface area contributed by atoms with Crippen molar-refractivity contribution in [1.29, 1.82) is 0 Å². The van der Waals surface area contributed by atoms with Gasteiger partial charge < -0.3 is 4.74 Å². The fourth-order valence-corrected chi connectivity index (χ4v) is 3.27. The Kier molecular flexibility index (Phi) is 17.2. The molecule has 0 aliphatic heterocycles. The van der Waals surface area contributed by atoms with Crippen LogP contribution in [-0.4, -0.2) is 11.6 Å². The van der Waals surface area contributed by atoms with Crippen LogP contribution in [0.4, 0.5) is 0 Å². The molecule has 0 radical (unpaired) electrons. The van der Waals surface area contributed by atoms with E-state index in [0.29, 0.717) is 5.92 Å². The summed E-state index contributed by atoms with van der Waals surface area (Å²) in [5, 5.41) is 0. The first kappa shape index (κ1) is 31.5. The van der Waals surface area contributed by atoms with E-state index in [1.54, 1.807) is 0 Å². The predicted octanol–water partition coefficient (Wildman–Crippen LogP) is 6.50. The van der Waals surface area contributed by atoms with Crippen molar-refractivity contribution in [2.24, 2.45) is 11.3 Å². The largest absolute Gasteiger partial charge is 0.456 e. The van der Waals surface area contributed by atoms with Crippen LogP contribution in [0.3, 0.4) is 0 Å². The smallest absolute Gasteiger partial charge is 0.330 e. The van der Waals surface area contributed by atoms with Gasteiger partial charge in [-0.3, -0.25) is 0 Å². The van der Waals surface area contributed by atoms with Gasteiger partial charge in [-0.1, -0.05) is 64.5 Å². The normalized spacial score (nSPS) is 25.9. The van der Waals surface area contributed by atoms with Gasteiger partial charge >= 0.3 is 5.97 Å². The third-order valence-electron chi connectivity index (χ3n) is 3.05. The van der Waals surface area contributed by atoms with Gasteiger partial charge in [0, 0.05) is 6.08 Å². The van der Waals surface area contributed by atoms with E-state index in [9.17, 15) is 4.79 Å². The zero-order valence-electron chi connectivity index (χ0n) is 10.3. The fourth-order valence-electron chi connectivity index (χ4n) is 3.27. The van der Waals surface area contributed by atoms with Gasteiger partial charge in [-0.05, 0) is 37.5 Å². The van der Waals surface area contributed by atoms with Gasteiger partial charge in [0.15, 0.2) is 0 Å². The first-order chi connectivity index (χ1) is 6.76. The Morgan fingerprint density at radius 1 is 1.10 bits per heavy atom. The van der Waals surface area contributed by atoms with Gasteiger partial charge in [0.2, 0.25) is 0 Å². The van der Waals surface area contributed by atoms with Crippen molar-refractivity contribution in [2.75, 3.05) is 0 Å². The lowest BCUT2D eigenvalue weighted by Gasteiger charge is -2.44. The zero-order chi connectivity index (χ0) is 11.7. The molecule has 0 aromatic rings. The lowest BCUT2D eigenvalue weighted by atomic mass is 9.66. The first-order valence-corrected chi connectivity index (χ1v) is 5.62. The topological polar surface area (TPSA) is 26.3 Å². The molecule has 1 rings (SSSR count). The Morgan fingerprint density at radius 2 is 1.55 bits per heavy atom. The molecular formula is C18H42O2. The van der Waals surface area contributed by atoms with Crippen LogP contribution in [-0.2, 0) is 9.53 Å². The van der Waals surface area contributed by atoms with Crippen LogP contribution >= 0.6 is 0 Å². The second-order valence-corrected chi connectivity index (χ2v) is 5.93. The lowest BCUT2D eigenvalue weighted by Crippen LogP contribution is -2.43. The maximum absolute atomic E-state index is 11.3. The molecule has 2 unspecified atom stereocenters. The fraction of sp³-hybridized carbons (Fsp3) is 0.833. The Balaban J connectivity index is -0.000000150. The maximum atomic E-state index is 11.3. The van der Waals surface area contributed by atoms with Crippen molar-refractivity contribution in [1.82, 2.24) is 0 Å². The van der Waals surface area contributed by atoms with Crippen LogP contribution in [0.25, 0.3) is 0 Å². The molecule has 0 aromatic carbocycles. The summed E-state index contributed by atoms with van der Waals surface area (Å²) in [7, 11) is 0. The molecule has 20 heavy (non-hydrogen) atoms. The van der Waals surface area contributed by atoms with Gasteiger partial charge in [-0.2, -0.15) is 0 Å². The number of rotatable bonds is 2. The number of carbonyl (C=O) groups excluding carboxylic acids is 1. The molecule has 1 aliphatic carbocycles. The molecule has 2 heteroatoms. The molecule has 1 aliphatic rings. The summed E-state index contributed by atoms with van der Waals surface area (Å²) in [6, 6.07) is 0. The molecule has 0 saturated heterocycles. The van der Waals surface area contributed by atoms with Gasteiger partial charge in [0.1, 0.15) is 5.60 Å². The molecule has 2 nitrogen and oxygen atoms in total. The monoisotopic (exact) mass is 290 g/mol. The first-order valence-electron chi connectivity index (χ1n) is 5.62. The molecule has 0 bridgehead atoms. The minimum atomic E-state index is -0.313. The van der Waals surface area contributed by atoms with Crippen LogP contribution in [0.5, 0.6) is 0 Å². The third kappa shape index (κ3) is 9.17. The van der Waals surface area contributed by atoms with Crippen molar-refractivity contribution in [3.63, 3.8) is 0 Å². The molecule has 0 aromatic heterocycles. The Labute approximate surface area is 130 Å². The molecule has 0 heterocycles. The van der Waals surface area contributed by atoms with E-state index < -0.39 is 0 Å². The summed E-state index contributed by atoms with van der Waals surface area (Å²) in [4.78, 5) is 11.3. The summed E-state index contributed by atoms with van der Waals surface area (Å²) >= 11 is 0. The van der Waals surface area contributed by atoms with Crippen LogP contribution in [0.2, 0.25) is 0 Å². The number of esters is 1. The lowest BCUT2D eigenvalue weighted by molar-refractivity contribution is -0.161. The van der Waals surface area contributed by atoms with Crippen molar-refractivity contribution in [2.45, 2.75) is 89.7 Å². The highest BCUT2D eigenvalue weighted by molar-refractivity contribution is 5.81. The molecule has 2 atom stereocenters. The highest BCUT2D eigenvalue weighted by atomic mass is 16.6. The molecule has 0 N–H and O–H groups in total. The second kappa shape index (κ2) is 10.9. The second-order valence-electron chi connectivity index (χ2n) is 5.93. The number of carbonyl (C=O) groups is 1. The van der Waals surface area contributed by atoms with Crippen molar-refractivity contribution >= 4 is 5.97 Å². The molecule has 1 fully saturated rings. The third-order valence-corrected chi connectivity index (χ3v) is 3.05. The van der Waals surface area contributed by atoms with Gasteiger partial charge in [-0.15, -0.1) is 0 Å². The van der Waals surface area contributed by atoms with Gasteiger partial charge in [0.05, 0.1) is 0 Å². The van der Waals surface area contributed by atoms with Crippen molar-refractivity contribution in [3.8, 4) is 0 Å². The minimum Gasteiger partial charge on any atom is -0.456 e. The van der Waals surface area contributed by atoms with Crippen LogP contribution < -0.4 is 0 Å². The molecular weight excluding hydrogens is 248 g/mol. The van der Waals surface area contributed by atoms with E-state index in [1.165, 1.54) is 12.5 Å². The quantitative estimate of drug-likeness (QED) is 0.428. The van der Waals surface area contributed by atoms with Gasteiger partial charge in [0.25, 0.3) is 0 Å². The van der Waals surface area contributed by atoms with E-state index in [2.05, 4.69) is 27.4 Å². The van der Waals surface area contributed by atoms with E-state index >= 15 is 0 Å². The SMILES string of the molecule is C.C.C.C.C.C=CC(=O)OC1(C)CC(C)CC(C)(C)C1. The molecule has 1 saturated carbocycles. The molecule has 0 spiro atoms. The predicted molar refractivity (Wildman–Crippen MR) is 95.1 cm³/mol. The number of hydrogen-bond donors (Lipinski definition) is 0. The average molecular weight is 291 g/mol. The van der Waals surface area contributed by atoms with Crippen LogP contribution in [0.1, 0.15) is 84.1 Å². The van der Waals surface area contributed by atoms with Crippen LogP contribution in [0.15, 0.2) is 12.7 Å². The van der Waals surface area contributed by atoms with E-state index in [-0.39, 0.29) is 54.1 Å². The highest BCUT2D eigenvalue weighted by Crippen LogP contribution is 2.45. The number of ether oxygens (including phenoxy) is 1. The molecule has 126 valence electrons. The minimum absolute atomic E-state index is 0. The van der Waals surface area contributed by atoms with Crippen molar-refractivity contribution < 1.29 is 9.53 Å². The summed E-state index contributed by atoms with van der Waals surface area (Å²) in [5.41, 5.74) is -0.0553. The van der Waals surface area contributed by atoms with E-state index in [4.69, 9.17) is 4.74 Å². The Bertz CT molecular complexity index is 269. The average Bonchev–Trinajstić information content (AvgIpc) is 1.97. The Morgan fingerprint density at radius 3 is 1.90 bits per heavy atom. The molecule has 0 amide bonds. The zero-order valence-corrected chi connectivity index (χ0v) is 10.3. The summed E-state index contributed by atoms with van der Waals surface area (Å²) in [6.07, 6.45) is 4.34. The standard InChI is InChI=1S/C13H22O2.5CH4/c1-6-11(14)15-13(5)8-10(2)7-12(3,4)9-13;;;;;/h6,10H,1,7-9H2,2-5H3;5*1H4. The highest BCUT2D eigenvalue weighted by Gasteiger charge is 2.41. The van der Waals surface area contributed by atoms with Crippen molar-refractivity contribution in [3.05, 3.63) is 12.7 Å². The van der Waals surface area contributed by atoms with Gasteiger partial charge in [-0.25, -0.2) is 4.79 Å².